The van der Waals surface area contributed by atoms with Gasteiger partial charge in [0.1, 0.15) is 5.82 Å². The molecule has 0 unspecified atom stereocenters. The van der Waals surface area contributed by atoms with Crippen LogP contribution in [0.25, 0.3) is 11.1 Å². The lowest BCUT2D eigenvalue weighted by Crippen LogP contribution is -1.86. The molecule has 0 fully saturated rings. The molecule has 0 atom stereocenters. The molecule has 0 radical (unpaired) electrons. The summed E-state index contributed by atoms with van der Waals surface area (Å²) in [6, 6.07) is 15.3. The lowest BCUT2D eigenvalue weighted by atomic mass is 10.0. The summed E-state index contributed by atoms with van der Waals surface area (Å²) in [4.78, 5) is 0. The molecule has 1 heteroatoms. The Bertz CT molecular complexity index is 482. The Morgan fingerprint density at radius 3 is 1.89 bits per heavy atom. The van der Waals surface area contributed by atoms with Crippen LogP contribution in [0.5, 0.6) is 0 Å². The molecular formula is C18H21F. The van der Waals surface area contributed by atoms with E-state index < -0.39 is 0 Å². The number of hydrogen-bond acceptors (Lipinski definition) is 0. The fraction of sp³-hybridized carbons (Fsp3) is 0.333. The molecule has 0 amide bonds. The Hall–Kier alpha value is -1.63. The Morgan fingerprint density at radius 1 is 0.737 bits per heavy atom. The van der Waals surface area contributed by atoms with Crippen molar-refractivity contribution in [2.45, 2.75) is 39.0 Å². The summed E-state index contributed by atoms with van der Waals surface area (Å²) in [5.74, 6) is -0.184. The third-order valence-corrected chi connectivity index (χ3v) is 3.45. The van der Waals surface area contributed by atoms with Gasteiger partial charge in [0.05, 0.1) is 0 Å². The molecule has 0 aliphatic rings. The maximum absolute atomic E-state index is 12.9. The van der Waals surface area contributed by atoms with E-state index in [2.05, 4.69) is 31.2 Å². The van der Waals surface area contributed by atoms with Gasteiger partial charge in [0, 0.05) is 0 Å². The summed E-state index contributed by atoms with van der Waals surface area (Å²) in [7, 11) is 0. The van der Waals surface area contributed by atoms with Crippen LogP contribution in [0.2, 0.25) is 0 Å². The molecule has 2 aromatic rings. The normalized spacial score (nSPS) is 10.6. The van der Waals surface area contributed by atoms with Crippen molar-refractivity contribution in [1.82, 2.24) is 0 Å². The van der Waals surface area contributed by atoms with Gasteiger partial charge in [0.2, 0.25) is 0 Å². The molecule has 2 rings (SSSR count). The van der Waals surface area contributed by atoms with Crippen molar-refractivity contribution in [1.29, 1.82) is 0 Å². The van der Waals surface area contributed by atoms with Crippen LogP contribution in [0.4, 0.5) is 4.39 Å². The van der Waals surface area contributed by atoms with E-state index in [4.69, 9.17) is 0 Å². The molecule has 0 heterocycles. The molecule has 0 saturated carbocycles. The quantitative estimate of drug-likeness (QED) is 0.589. The van der Waals surface area contributed by atoms with E-state index in [-0.39, 0.29) is 5.82 Å². The van der Waals surface area contributed by atoms with Gasteiger partial charge in [-0.1, -0.05) is 62.6 Å². The summed E-state index contributed by atoms with van der Waals surface area (Å²) in [6.07, 6.45) is 6.35. The van der Waals surface area contributed by atoms with Crippen molar-refractivity contribution >= 4 is 0 Å². The third kappa shape index (κ3) is 4.20. The first kappa shape index (κ1) is 13.8. The molecule has 0 aromatic heterocycles. The van der Waals surface area contributed by atoms with Gasteiger partial charge < -0.3 is 0 Å². The largest absolute Gasteiger partial charge is 0.207 e. The first-order valence-corrected chi connectivity index (χ1v) is 7.14. The second-order valence-corrected chi connectivity index (χ2v) is 5.01. The van der Waals surface area contributed by atoms with Crippen molar-refractivity contribution in [3.8, 4) is 11.1 Å². The highest BCUT2D eigenvalue weighted by Gasteiger charge is 1.99. The first-order chi connectivity index (χ1) is 9.29. The van der Waals surface area contributed by atoms with Crippen molar-refractivity contribution in [3.63, 3.8) is 0 Å². The van der Waals surface area contributed by atoms with Crippen LogP contribution in [-0.4, -0.2) is 0 Å². The topological polar surface area (TPSA) is 0 Å². The van der Waals surface area contributed by atoms with E-state index in [1.807, 2.05) is 12.1 Å². The van der Waals surface area contributed by atoms with E-state index in [0.29, 0.717) is 0 Å². The second kappa shape index (κ2) is 7.08. The van der Waals surface area contributed by atoms with Crippen LogP contribution in [0, 0.1) is 5.82 Å². The van der Waals surface area contributed by atoms with Gasteiger partial charge >= 0.3 is 0 Å². The summed E-state index contributed by atoms with van der Waals surface area (Å²) < 4.78 is 12.9. The lowest BCUT2D eigenvalue weighted by Gasteiger charge is -2.05. The van der Waals surface area contributed by atoms with Crippen LogP contribution in [0.3, 0.4) is 0 Å². The van der Waals surface area contributed by atoms with E-state index in [1.54, 1.807) is 0 Å². The van der Waals surface area contributed by atoms with Crippen LogP contribution < -0.4 is 0 Å². The number of halogens is 1. The van der Waals surface area contributed by atoms with Crippen LogP contribution in [-0.2, 0) is 6.42 Å². The Balaban J connectivity index is 1.96. The van der Waals surface area contributed by atoms with E-state index in [9.17, 15) is 4.39 Å². The number of benzene rings is 2. The highest BCUT2D eigenvalue weighted by molar-refractivity contribution is 5.63. The molecule has 2 aromatic carbocycles. The molecule has 0 aliphatic heterocycles. The number of hydrogen-bond donors (Lipinski definition) is 0. The Morgan fingerprint density at radius 2 is 1.32 bits per heavy atom. The van der Waals surface area contributed by atoms with Gasteiger partial charge in [-0.05, 0) is 41.7 Å². The minimum Gasteiger partial charge on any atom is -0.207 e. The number of rotatable bonds is 6. The fourth-order valence-electron chi connectivity index (χ4n) is 2.26. The standard InChI is InChI=1S/C18H21F/c1-2-3-4-5-6-15-7-9-16(10-8-15)17-11-13-18(19)14-12-17/h7-14H,2-6H2,1H3. The SMILES string of the molecule is CCCCCCc1ccc(-c2ccc(F)cc2)cc1. The first-order valence-electron chi connectivity index (χ1n) is 7.14. The van der Waals surface area contributed by atoms with Gasteiger partial charge in [-0.25, -0.2) is 4.39 Å². The smallest absolute Gasteiger partial charge is 0.123 e. The van der Waals surface area contributed by atoms with Crippen molar-refractivity contribution in [3.05, 3.63) is 59.9 Å². The van der Waals surface area contributed by atoms with Crippen LogP contribution in [0.15, 0.2) is 48.5 Å². The zero-order chi connectivity index (χ0) is 13.5. The summed E-state index contributed by atoms with van der Waals surface area (Å²) in [6.45, 7) is 2.23. The molecule has 0 spiro atoms. The van der Waals surface area contributed by atoms with E-state index in [0.717, 1.165) is 17.5 Å². The zero-order valence-electron chi connectivity index (χ0n) is 11.5. The highest BCUT2D eigenvalue weighted by atomic mass is 19.1. The summed E-state index contributed by atoms with van der Waals surface area (Å²) in [5, 5.41) is 0. The van der Waals surface area contributed by atoms with Gasteiger partial charge in [0.15, 0.2) is 0 Å². The Labute approximate surface area is 115 Å². The monoisotopic (exact) mass is 256 g/mol. The molecular weight excluding hydrogens is 235 g/mol. The molecule has 0 N–H and O–H groups in total. The summed E-state index contributed by atoms with van der Waals surface area (Å²) in [5.41, 5.74) is 3.61. The zero-order valence-corrected chi connectivity index (χ0v) is 11.5. The van der Waals surface area contributed by atoms with Crippen molar-refractivity contribution < 1.29 is 4.39 Å². The van der Waals surface area contributed by atoms with Gasteiger partial charge in [-0.2, -0.15) is 0 Å². The lowest BCUT2D eigenvalue weighted by molar-refractivity contribution is 0.628. The fourth-order valence-corrected chi connectivity index (χ4v) is 2.26. The predicted octanol–water partition coefficient (Wildman–Crippen LogP) is 5.62. The van der Waals surface area contributed by atoms with Gasteiger partial charge in [-0.3, -0.25) is 0 Å². The molecule has 0 aliphatic carbocycles. The minimum absolute atomic E-state index is 0.184. The minimum atomic E-state index is -0.184. The maximum Gasteiger partial charge on any atom is 0.123 e. The van der Waals surface area contributed by atoms with Crippen molar-refractivity contribution in [2.24, 2.45) is 0 Å². The third-order valence-electron chi connectivity index (χ3n) is 3.45. The Kier molecular flexibility index (Phi) is 5.14. The van der Waals surface area contributed by atoms with Crippen LogP contribution >= 0.6 is 0 Å². The van der Waals surface area contributed by atoms with E-state index in [1.165, 1.54) is 43.4 Å². The molecule has 19 heavy (non-hydrogen) atoms. The predicted molar refractivity (Wildman–Crippen MR) is 79.7 cm³/mol. The number of unbranched alkanes of at least 4 members (excludes halogenated alkanes) is 3. The molecule has 0 saturated heterocycles. The van der Waals surface area contributed by atoms with E-state index >= 15 is 0 Å². The van der Waals surface area contributed by atoms with Gasteiger partial charge in [0.25, 0.3) is 0 Å². The average molecular weight is 256 g/mol. The van der Waals surface area contributed by atoms with Gasteiger partial charge in [-0.15, -0.1) is 0 Å². The highest BCUT2D eigenvalue weighted by Crippen LogP contribution is 2.20. The summed E-state index contributed by atoms with van der Waals surface area (Å²) >= 11 is 0. The molecule has 0 nitrogen and oxygen atoms in total. The second-order valence-electron chi connectivity index (χ2n) is 5.01. The molecule has 0 bridgehead atoms. The van der Waals surface area contributed by atoms with Crippen molar-refractivity contribution in [2.75, 3.05) is 0 Å². The van der Waals surface area contributed by atoms with Crippen LogP contribution in [0.1, 0.15) is 38.2 Å². The number of aryl methyl sites for hydroxylation is 1. The molecule has 100 valence electrons. The average Bonchev–Trinajstić information content (AvgIpc) is 2.45. The maximum atomic E-state index is 12.9.